The van der Waals surface area contributed by atoms with Crippen molar-refractivity contribution in [3.05, 3.63) is 54.1 Å². The molecule has 1 heterocycles. The average Bonchev–Trinajstić information content (AvgIpc) is 2.62. The van der Waals surface area contributed by atoms with Crippen LogP contribution in [0.3, 0.4) is 0 Å². The molecule has 2 rings (SSSR count). The lowest BCUT2D eigenvalue weighted by molar-refractivity contribution is 1.18. The SMILES string of the molecule is Cc1ccc(Cl)cc1C(Br)c1cc(Cl)c(Br)s1. The van der Waals surface area contributed by atoms with Gasteiger partial charge < -0.3 is 0 Å². The first kappa shape index (κ1) is 13.9. The summed E-state index contributed by atoms with van der Waals surface area (Å²) in [6, 6.07) is 7.88. The maximum Gasteiger partial charge on any atom is 0.0887 e. The van der Waals surface area contributed by atoms with E-state index in [1.54, 1.807) is 11.3 Å². The zero-order valence-electron chi connectivity index (χ0n) is 8.81. The van der Waals surface area contributed by atoms with Crippen molar-refractivity contribution in [3.8, 4) is 0 Å². The fourth-order valence-corrected chi connectivity index (χ4v) is 4.36. The molecule has 90 valence electrons. The van der Waals surface area contributed by atoms with Gasteiger partial charge in [0, 0.05) is 9.90 Å². The van der Waals surface area contributed by atoms with Gasteiger partial charge in [0.25, 0.3) is 0 Å². The number of benzene rings is 1. The van der Waals surface area contributed by atoms with Gasteiger partial charge in [-0.15, -0.1) is 11.3 Å². The van der Waals surface area contributed by atoms with Crippen molar-refractivity contribution in [2.45, 2.75) is 11.8 Å². The van der Waals surface area contributed by atoms with E-state index in [1.807, 2.05) is 24.3 Å². The van der Waals surface area contributed by atoms with Crippen molar-refractivity contribution < 1.29 is 0 Å². The zero-order valence-corrected chi connectivity index (χ0v) is 14.3. The Labute approximate surface area is 131 Å². The quantitative estimate of drug-likeness (QED) is 0.485. The van der Waals surface area contributed by atoms with E-state index in [0.717, 1.165) is 18.7 Å². The Balaban J connectivity index is 2.42. The maximum absolute atomic E-state index is 6.05. The minimum absolute atomic E-state index is 0.120. The lowest BCUT2D eigenvalue weighted by Crippen LogP contribution is -1.93. The van der Waals surface area contributed by atoms with E-state index < -0.39 is 0 Å². The van der Waals surface area contributed by atoms with Crippen LogP contribution in [0.4, 0.5) is 0 Å². The third kappa shape index (κ3) is 3.07. The second-order valence-corrected chi connectivity index (χ2v) is 7.79. The molecule has 2 aromatic rings. The lowest BCUT2D eigenvalue weighted by atomic mass is 10.1. The van der Waals surface area contributed by atoms with Crippen LogP contribution in [0, 0.1) is 6.92 Å². The third-order valence-electron chi connectivity index (χ3n) is 2.43. The predicted octanol–water partition coefficient (Wildman–Crippen LogP) is 6.61. The van der Waals surface area contributed by atoms with Gasteiger partial charge in [-0.05, 0) is 52.2 Å². The molecule has 17 heavy (non-hydrogen) atoms. The van der Waals surface area contributed by atoms with Crippen LogP contribution in [-0.2, 0) is 0 Å². The van der Waals surface area contributed by atoms with Crippen LogP contribution in [0.25, 0.3) is 0 Å². The minimum Gasteiger partial charge on any atom is -0.130 e. The van der Waals surface area contributed by atoms with Crippen molar-refractivity contribution in [2.24, 2.45) is 0 Å². The van der Waals surface area contributed by atoms with E-state index in [4.69, 9.17) is 23.2 Å². The molecular weight excluding hydrogens is 407 g/mol. The van der Waals surface area contributed by atoms with Gasteiger partial charge in [0.05, 0.1) is 13.6 Å². The summed E-state index contributed by atoms with van der Waals surface area (Å²) >= 11 is 20.8. The largest absolute Gasteiger partial charge is 0.130 e. The van der Waals surface area contributed by atoms with Crippen LogP contribution in [0.15, 0.2) is 28.1 Å². The Morgan fingerprint density at radius 1 is 1.24 bits per heavy atom. The van der Waals surface area contributed by atoms with E-state index in [0.29, 0.717) is 0 Å². The van der Waals surface area contributed by atoms with Gasteiger partial charge in [-0.2, -0.15) is 0 Å². The van der Waals surface area contributed by atoms with Gasteiger partial charge in [-0.1, -0.05) is 45.2 Å². The Morgan fingerprint density at radius 2 is 1.94 bits per heavy atom. The molecule has 0 aliphatic heterocycles. The Kier molecular flexibility index (Phi) is 4.59. The summed E-state index contributed by atoms with van der Waals surface area (Å²) in [5, 5.41) is 1.49. The number of halogens is 4. The zero-order chi connectivity index (χ0) is 12.6. The number of hydrogen-bond donors (Lipinski definition) is 0. The van der Waals surface area contributed by atoms with Crippen LogP contribution in [0.1, 0.15) is 20.8 Å². The maximum atomic E-state index is 6.05. The van der Waals surface area contributed by atoms with Crippen LogP contribution in [0.2, 0.25) is 10.0 Å². The molecule has 1 aromatic carbocycles. The van der Waals surface area contributed by atoms with E-state index in [9.17, 15) is 0 Å². The standard InChI is InChI=1S/C12H8Br2Cl2S/c1-6-2-3-7(15)4-8(6)11(13)10-5-9(16)12(14)17-10/h2-5,11H,1H3. The lowest BCUT2D eigenvalue weighted by Gasteiger charge is -2.11. The third-order valence-corrected chi connectivity index (χ3v) is 6.49. The number of hydrogen-bond acceptors (Lipinski definition) is 1. The molecule has 0 amide bonds. The second kappa shape index (κ2) is 5.62. The molecule has 0 N–H and O–H groups in total. The molecular formula is C12H8Br2Cl2S. The molecule has 0 spiro atoms. The number of alkyl halides is 1. The van der Waals surface area contributed by atoms with Crippen molar-refractivity contribution in [2.75, 3.05) is 0 Å². The molecule has 0 aliphatic rings. The summed E-state index contributed by atoms with van der Waals surface area (Å²) in [6.07, 6.45) is 0. The monoisotopic (exact) mass is 412 g/mol. The average molecular weight is 415 g/mol. The topological polar surface area (TPSA) is 0 Å². The molecule has 0 nitrogen and oxygen atoms in total. The molecule has 1 atom stereocenters. The first-order valence-electron chi connectivity index (χ1n) is 4.84. The molecule has 0 saturated carbocycles. The highest BCUT2D eigenvalue weighted by Crippen LogP contribution is 2.42. The Bertz CT molecular complexity index is 532. The van der Waals surface area contributed by atoms with E-state index in [1.165, 1.54) is 11.1 Å². The van der Waals surface area contributed by atoms with Crippen LogP contribution in [0.5, 0.6) is 0 Å². The first-order chi connectivity index (χ1) is 7.99. The molecule has 1 unspecified atom stereocenters. The smallest absolute Gasteiger partial charge is 0.0887 e. The Hall–Kier alpha value is 0.460. The predicted molar refractivity (Wildman–Crippen MR) is 84.0 cm³/mol. The summed E-state index contributed by atoms with van der Waals surface area (Å²) in [6.45, 7) is 2.07. The number of rotatable bonds is 2. The van der Waals surface area contributed by atoms with Crippen LogP contribution >= 0.6 is 66.4 Å². The highest BCUT2D eigenvalue weighted by Gasteiger charge is 2.17. The number of aryl methyl sites for hydroxylation is 1. The summed E-state index contributed by atoms with van der Waals surface area (Å²) in [5.74, 6) is 0. The van der Waals surface area contributed by atoms with Crippen molar-refractivity contribution in [3.63, 3.8) is 0 Å². The fraction of sp³-hybridized carbons (Fsp3) is 0.167. The minimum atomic E-state index is 0.120. The number of thiophene rings is 1. The van der Waals surface area contributed by atoms with Gasteiger partial charge in [0.2, 0.25) is 0 Å². The second-order valence-electron chi connectivity index (χ2n) is 3.63. The fourth-order valence-electron chi connectivity index (χ4n) is 1.53. The van der Waals surface area contributed by atoms with Gasteiger partial charge in [-0.25, -0.2) is 0 Å². The molecule has 0 fully saturated rings. The highest BCUT2D eigenvalue weighted by atomic mass is 79.9. The molecule has 0 radical (unpaired) electrons. The molecule has 1 aromatic heterocycles. The summed E-state index contributed by atoms with van der Waals surface area (Å²) < 4.78 is 0.957. The van der Waals surface area contributed by atoms with E-state index in [2.05, 4.69) is 38.8 Å². The normalized spacial score (nSPS) is 12.8. The van der Waals surface area contributed by atoms with Crippen molar-refractivity contribution >= 4 is 66.4 Å². The van der Waals surface area contributed by atoms with Crippen LogP contribution < -0.4 is 0 Å². The summed E-state index contributed by atoms with van der Waals surface area (Å²) in [5.41, 5.74) is 2.37. The van der Waals surface area contributed by atoms with Gasteiger partial charge in [-0.3, -0.25) is 0 Å². The summed E-state index contributed by atoms with van der Waals surface area (Å²) in [7, 11) is 0. The first-order valence-corrected chi connectivity index (χ1v) is 8.12. The molecule has 5 heteroatoms. The van der Waals surface area contributed by atoms with Gasteiger partial charge in [0.1, 0.15) is 0 Å². The Morgan fingerprint density at radius 3 is 2.53 bits per heavy atom. The van der Waals surface area contributed by atoms with Gasteiger partial charge >= 0.3 is 0 Å². The van der Waals surface area contributed by atoms with Crippen molar-refractivity contribution in [1.82, 2.24) is 0 Å². The van der Waals surface area contributed by atoms with Crippen molar-refractivity contribution in [1.29, 1.82) is 0 Å². The highest BCUT2D eigenvalue weighted by molar-refractivity contribution is 9.11. The van der Waals surface area contributed by atoms with E-state index >= 15 is 0 Å². The van der Waals surface area contributed by atoms with Crippen LogP contribution in [-0.4, -0.2) is 0 Å². The molecule has 0 bridgehead atoms. The molecule has 0 saturated heterocycles. The molecule has 0 aliphatic carbocycles. The van der Waals surface area contributed by atoms with Gasteiger partial charge in [0.15, 0.2) is 0 Å². The summed E-state index contributed by atoms with van der Waals surface area (Å²) in [4.78, 5) is 1.28. The van der Waals surface area contributed by atoms with E-state index in [-0.39, 0.29) is 4.83 Å².